The molecule has 6 heteroatoms. The Morgan fingerprint density at radius 1 is 1.33 bits per heavy atom. The lowest BCUT2D eigenvalue weighted by Crippen LogP contribution is -2.29. The van der Waals surface area contributed by atoms with E-state index in [9.17, 15) is 4.79 Å². The second-order valence-corrected chi connectivity index (χ2v) is 5.62. The number of nitrogens with one attached hydrogen (secondary N) is 2. The van der Waals surface area contributed by atoms with Crippen molar-refractivity contribution in [2.24, 2.45) is 0 Å². The number of thiazole rings is 1. The highest BCUT2D eigenvalue weighted by molar-refractivity contribution is 7.09. The first-order valence-electron chi connectivity index (χ1n) is 6.73. The molecular formula is C15H19N3O2S. The van der Waals surface area contributed by atoms with Crippen molar-refractivity contribution in [3.05, 3.63) is 40.3 Å². The topological polar surface area (TPSA) is 63.2 Å². The van der Waals surface area contributed by atoms with Crippen LogP contribution in [-0.4, -0.2) is 31.1 Å². The standard InChI is InChI=1S/C15H19N3O2S/c1-11-17-13(10-21-11)7-8-16-9-15(19)18-12-3-5-14(20-2)6-4-12/h3-6,10,16H,7-9H2,1-2H3,(H,18,19). The number of anilines is 1. The van der Waals surface area contributed by atoms with E-state index in [1.807, 2.05) is 31.2 Å². The monoisotopic (exact) mass is 305 g/mol. The quantitative estimate of drug-likeness (QED) is 0.770. The summed E-state index contributed by atoms with van der Waals surface area (Å²) in [7, 11) is 1.61. The SMILES string of the molecule is COc1ccc(NC(=O)CNCCc2csc(C)n2)cc1. The van der Waals surface area contributed by atoms with Crippen molar-refractivity contribution in [2.75, 3.05) is 25.5 Å². The molecule has 1 aromatic heterocycles. The highest BCUT2D eigenvalue weighted by Crippen LogP contribution is 2.14. The summed E-state index contributed by atoms with van der Waals surface area (Å²) in [5, 5.41) is 9.06. The number of aromatic nitrogens is 1. The van der Waals surface area contributed by atoms with Crippen molar-refractivity contribution in [2.45, 2.75) is 13.3 Å². The Kier molecular flexibility index (Phi) is 5.71. The Bertz CT molecular complexity index is 581. The molecule has 0 saturated heterocycles. The molecule has 5 nitrogen and oxygen atoms in total. The minimum absolute atomic E-state index is 0.0605. The fourth-order valence-electron chi connectivity index (χ4n) is 1.82. The van der Waals surface area contributed by atoms with Crippen LogP contribution >= 0.6 is 11.3 Å². The zero-order valence-corrected chi connectivity index (χ0v) is 13.0. The first kappa shape index (κ1) is 15.5. The predicted molar refractivity (Wildman–Crippen MR) is 85.0 cm³/mol. The van der Waals surface area contributed by atoms with Crippen molar-refractivity contribution in [3.63, 3.8) is 0 Å². The van der Waals surface area contributed by atoms with Gasteiger partial charge in [-0.05, 0) is 31.2 Å². The van der Waals surface area contributed by atoms with Crippen molar-refractivity contribution < 1.29 is 9.53 Å². The van der Waals surface area contributed by atoms with Crippen LogP contribution in [0.25, 0.3) is 0 Å². The number of carbonyl (C=O) groups is 1. The normalized spacial score (nSPS) is 10.4. The Balaban J connectivity index is 1.67. The van der Waals surface area contributed by atoms with Crippen molar-refractivity contribution in [1.29, 1.82) is 0 Å². The van der Waals surface area contributed by atoms with E-state index in [2.05, 4.69) is 21.0 Å². The molecule has 1 heterocycles. The molecule has 2 N–H and O–H groups in total. The lowest BCUT2D eigenvalue weighted by Gasteiger charge is -2.07. The van der Waals surface area contributed by atoms with Crippen molar-refractivity contribution >= 4 is 22.9 Å². The van der Waals surface area contributed by atoms with Gasteiger partial charge in [0.15, 0.2) is 0 Å². The third-order valence-electron chi connectivity index (χ3n) is 2.88. The van der Waals surface area contributed by atoms with Crippen LogP contribution in [0.1, 0.15) is 10.7 Å². The Morgan fingerprint density at radius 3 is 2.71 bits per heavy atom. The number of ether oxygens (including phenoxy) is 1. The molecule has 0 unspecified atom stereocenters. The minimum atomic E-state index is -0.0605. The van der Waals surface area contributed by atoms with Crippen LogP contribution in [0.3, 0.4) is 0 Å². The number of hydrogen-bond donors (Lipinski definition) is 2. The predicted octanol–water partition coefficient (Wildman–Crippen LogP) is 2.23. The molecule has 2 rings (SSSR count). The molecule has 0 fully saturated rings. The average molecular weight is 305 g/mol. The zero-order valence-electron chi connectivity index (χ0n) is 12.2. The maximum Gasteiger partial charge on any atom is 0.238 e. The molecule has 0 atom stereocenters. The van der Waals surface area contributed by atoms with Gasteiger partial charge in [0.25, 0.3) is 0 Å². The van der Waals surface area contributed by atoms with Gasteiger partial charge in [-0.15, -0.1) is 11.3 Å². The van der Waals surface area contributed by atoms with Crippen LogP contribution in [0.15, 0.2) is 29.6 Å². The van der Waals surface area contributed by atoms with E-state index in [1.54, 1.807) is 18.4 Å². The summed E-state index contributed by atoms with van der Waals surface area (Å²) >= 11 is 1.65. The fourth-order valence-corrected chi connectivity index (χ4v) is 2.47. The van der Waals surface area contributed by atoms with Gasteiger partial charge in [0.2, 0.25) is 5.91 Å². The highest BCUT2D eigenvalue weighted by atomic mass is 32.1. The number of amides is 1. The van der Waals surface area contributed by atoms with E-state index in [0.29, 0.717) is 0 Å². The zero-order chi connectivity index (χ0) is 15.1. The molecule has 0 aliphatic carbocycles. The lowest BCUT2D eigenvalue weighted by atomic mass is 10.3. The van der Waals surface area contributed by atoms with Gasteiger partial charge in [0.1, 0.15) is 5.75 Å². The molecule has 2 aromatic rings. The van der Waals surface area contributed by atoms with Crippen LogP contribution in [0.5, 0.6) is 5.75 Å². The molecule has 0 aliphatic rings. The van der Waals surface area contributed by atoms with Gasteiger partial charge >= 0.3 is 0 Å². The van der Waals surface area contributed by atoms with E-state index in [4.69, 9.17) is 4.74 Å². The number of methoxy groups -OCH3 is 1. The Hall–Kier alpha value is -1.92. The largest absolute Gasteiger partial charge is 0.497 e. The van der Waals surface area contributed by atoms with Gasteiger partial charge in [-0.25, -0.2) is 4.98 Å². The molecule has 0 spiro atoms. The second kappa shape index (κ2) is 7.75. The molecule has 112 valence electrons. The van der Waals surface area contributed by atoms with E-state index in [-0.39, 0.29) is 12.5 Å². The van der Waals surface area contributed by atoms with Gasteiger partial charge in [0.05, 0.1) is 24.4 Å². The molecule has 0 bridgehead atoms. The summed E-state index contributed by atoms with van der Waals surface area (Å²) in [6, 6.07) is 7.25. The summed E-state index contributed by atoms with van der Waals surface area (Å²) in [6.45, 7) is 3.01. The van der Waals surface area contributed by atoms with E-state index < -0.39 is 0 Å². The number of carbonyl (C=O) groups excluding carboxylic acids is 1. The van der Waals surface area contributed by atoms with E-state index >= 15 is 0 Å². The van der Waals surface area contributed by atoms with Crippen LogP contribution in [0.4, 0.5) is 5.69 Å². The number of aryl methyl sites for hydroxylation is 1. The fraction of sp³-hybridized carbons (Fsp3) is 0.333. The van der Waals surface area contributed by atoms with Gasteiger partial charge in [-0.1, -0.05) is 0 Å². The van der Waals surface area contributed by atoms with Crippen LogP contribution in [0, 0.1) is 6.92 Å². The van der Waals surface area contributed by atoms with Crippen molar-refractivity contribution in [3.8, 4) is 5.75 Å². The second-order valence-electron chi connectivity index (χ2n) is 4.56. The molecule has 0 saturated carbocycles. The summed E-state index contributed by atoms with van der Waals surface area (Å²) in [4.78, 5) is 16.1. The summed E-state index contributed by atoms with van der Waals surface area (Å²) < 4.78 is 5.07. The maximum absolute atomic E-state index is 11.8. The van der Waals surface area contributed by atoms with E-state index in [1.165, 1.54) is 0 Å². The van der Waals surface area contributed by atoms with Crippen molar-refractivity contribution in [1.82, 2.24) is 10.3 Å². The maximum atomic E-state index is 11.8. The van der Waals surface area contributed by atoms with Gasteiger partial charge in [-0.2, -0.15) is 0 Å². The van der Waals surface area contributed by atoms with Crippen LogP contribution in [-0.2, 0) is 11.2 Å². The Labute approximate surface area is 128 Å². The number of nitrogens with zero attached hydrogens (tertiary/aromatic N) is 1. The van der Waals surface area contributed by atoms with Gasteiger partial charge in [-0.3, -0.25) is 4.79 Å². The highest BCUT2D eigenvalue weighted by Gasteiger charge is 2.03. The third-order valence-corrected chi connectivity index (χ3v) is 3.71. The molecule has 21 heavy (non-hydrogen) atoms. The molecule has 1 amide bonds. The number of rotatable bonds is 7. The average Bonchev–Trinajstić information content (AvgIpc) is 2.90. The molecule has 1 aromatic carbocycles. The van der Waals surface area contributed by atoms with Gasteiger partial charge in [0, 0.05) is 24.0 Å². The lowest BCUT2D eigenvalue weighted by molar-refractivity contribution is -0.115. The first-order chi connectivity index (χ1) is 10.2. The van der Waals surface area contributed by atoms with Crippen LogP contribution < -0.4 is 15.4 Å². The number of benzene rings is 1. The smallest absolute Gasteiger partial charge is 0.238 e. The van der Waals surface area contributed by atoms with E-state index in [0.717, 1.165) is 35.1 Å². The van der Waals surface area contributed by atoms with Crippen LogP contribution in [0.2, 0.25) is 0 Å². The minimum Gasteiger partial charge on any atom is -0.497 e. The summed E-state index contributed by atoms with van der Waals surface area (Å²) in [6.07, 6.45) is 0.833. The Morgan fingerprint density at radius 2 is 2.10 bits per heavy atom. The summed E-state index contributed by atoms with van der Waals surface area (Å²) in [5.74, 6) is 0.708. The molecular weight excluding hydrogens is 286 g/mol. The summed E-state index contributed by atoms with van der Waals surface area (Å²) in [5.41, 5.74) is 1.83. The molecule has 0 aliphatic heterocycles. The molecule has 0 radical (unpaired) electrons. The first-order valence-corrected chi connectivity index (χ1v) is 7.61. The number of hydrogen-bond acceptors (Lipinski definition) is 5. The van der Waals surface area contributed by atoms with Gasteiger partial charge < -0.3 is 15.4 Å². The third kappa shape index (κ3) is 5.17.